The van der Waals surface area contributed by atoms with E-state index in [1.807, 2.05) is 31.2 Å². The van der Waals surface area contributed by atoms with E-state index in [9.17, 15) is 9.59 Å². The molecule has 0 aliphatic heterocycles. The fraction of sp³-hybridized carbons (Fsp3) is 0.600. The molecule has 6 heteroatoms. The zero-order chi connectivity index (χ0) is 19.2. The van der Waals surface area contributed by atoms with Crippen molar-refractivity contribution >= 4 is 11.9 Å². The largest absolute Gasteiger partial charge is 0.497 e. The molecule has 1 saturated carbocycles. The zero-order valence-corrected chi connectivity index (χ0v) is 15.9. The third-order valence-electron chi connectivity index (χ3n) is 4.94. The van der Waals surface area contributed by atoms with Crippen LogP contribution in [0, 0.1) is 17.3 Å². The molecule has 1 fully saturated rings. The molecule has 2 unspecified atom stereocenters. The van der Waals surface area contributed by atoms with Crippen LogP contribution < -0.4 is 9.47 Å². The van der Waals surface area contributed by atoms with E-state index in [0.717, 1.165) is 11.5 Å². The monoisotopic (exact) mass is 364 g/mol. The predicted octanol–water partition coefficient (Wildman–Crippen LogP) is 3.23. The standard InChI is InChI=1S/C20H28O6/c1-5-24-18(21)20(19(22)25-6-2)11-14(3)15(12-20)13-26-17-9-7-16(23-4)8-10-17/h7-10,14-15H,5-6,11-13H2,1-4H3. The summed E-state index contributed by atoms with van der Waals surface area (Å²) in [6.45, 7) is 6.40. The Hall–Kier alpha value is -2.24. The van der Waals surface area contributed by atoms with E-state index in [-0.39, 0.29) is 25.0 Å². The average Bonchev–Trinajstić information content (AvgIpc) is 2.99. The van der Waals surface area contributed by atoms with Gasteiger partial charge in [0.15, 0.2) is 5.41 Å². The van der Waals surface area contributed by atoms with Crippen molar-refractivity contribution in [2.75, 3.05) is 26.9 Å². The number of carbonyl (C=O) groups is 2. The minimum Gasteiger partial charge on any atom is -0.497 e. The molecule has 26 heavy (non-hydrogen) atoms. The Labute approximate surface area is 154 Å². The van der Waals surface area contributed by atoms with Gasteiger partial charge in [-0.15, -0.1) is 0 Å². The molecule has 144 valence electrons. The van der Waals surface area contributed by atoms with Crippen molar-refractivity contribution in [2.24, 2.45) is 17.3 Å². The second-order valence-electron chi connectivity index (χ2n) is 6.66. The second-order valence-corrected chi connectivity index (χ2v) is 6.66. The van der Waals surface area contributed by atoms with E-state index >= 15 is 0 Å². The second kappa shape index (κ2) is 8.92. The normalized spacial score (nSPS) is 21.1. The highest BCUT2D eigenvalue weighted by atomic mass is 16.6. The summed E-state index contributed by atoms with van der Waals surface area (Å²) in [4.78, 5) is 25.1. The molecule has 0 N–H and O–H groups in total. The molecule has 0 saturated heterocycles. The van der Waals surface area contributed by atoms with Crippen molar-refractivity contribution in [3.8, 4) is 11.5 Å². The molecular weight excluding hydrogens is 336 g/mol. The van der Waals surface area contributed by atoms with Gasteiger partial charge in [0, 0.05) is 0 Å². The molecule has 1 aromatic carbocycles. The topological polar surface area (TPSA) is 71.1 Å². The summed E-state index contributed by atoms with van der Waals surface area (Å²) in [6, 6.07) is 7.33. The molecule has 1 aliphatic rings. The van der Waals surface area contributed by atoms with Crippen LogP contribution in [-0.2, 0) is 19.1 Å². The lowest BCUT2D eigenvalue weighted by atomic mass is 9.85. The van der Waals surface area contributed by atoms with Crippen LogP contribution in [0.4, 0.5) is 0 Å². The molecule has 0 amide bonds. The minimum absolute atomic E-state index is 0.0610. The number of benzene rings is 1. The van der Waals surface area contributed by atoms with Gasteiger partial charge < -0.3 is 18.9 Å². The van der Waals surface area contributed by atoms with Crippen molar-refractivity contribution in [2.45, 2.75) is 33.6 Å². The van der Waals surface area contributed by atoms with E-state index in [0.29, 0.717) is 19.4 Å². The third-order valence-corrected chi connectivity index (χ3v) is 4.94. The number of methoxy groups -OCH3 is 1. The van der Waals surface area contributed by atoms with Crippen LogP contribution in [0.5, 0.6) is 11.5 Å². The fourth-order valence-electron chi connectivity index (χ4n) is 3.50. The molecule has 6 nitrogen and oxygen atoms in total. The van der Waals surface area contributed by atoms with E-state index in [2.05, 4.69) is 0 Å². The van der Waals surface area contributed by atoms with Crippen LogP contribution in [0.15, 0.2) is 24.3 Å². The Morgan fingerprint density at radius 3 is 2.04 bits per heavy atom. The average molecular weight is 364 g/mol. The molecule has 0 radical (unpaired) electrons. The number of ether oxygens (including phenoxy) is 4. The minimum atomic E-state index is -1.22. The van der Waals surface area contributed by atoms with E-state index in [1.54, 1.807) is 21.0 Å². The van der Waals surface area contributed by atoms with Gasteiger partial charge in [-0.3, -0.25) is 9.59 Å². The zero-order valence-electron chi connectivity index (χ0n) is 15.9. The van der Waals surface area contributed by atoms with Gasteiger partial charge in [-0.05, 0) is 62.8 Å². The Morgan fingerprint density at radius 1 is 1.00 bits per heavy atom. The smallest absolute Gasteiger partial charge is 0.323 e. The molecule has 0 aromatic heterocycles. The lowest BCUT2D eigenvalue weighted by Gasteiger charge is -2.24. The Bertz CT molecular complexity index is 591. The first-order valence-corrected chi connectivity index (χ1v) is 9.08. The summed E-state index contributed by atoms with van der Waals surface area (Å²) >= 11 is 0. The maximum Gasteiger partial charge on any atom is 0.323 e. The van der Waals surface area contributed by atoms with Gasteiger partial charge >= 0.3 is 11.9 Å². The molecular formula is C20H28O6. The van der Waals surface area contributed by atoms with Crippen LogP contribution >= 0.6 is 0 Å². The first-order chi connectivity index (χ1) is 12.5. The van der Waals surface area contributed by atoms with Crippen LogP contribution in [-0.4, -0.2) is 38.9 Å². The number of esters is 2. The quantitative estimate of drug-likeness (QED) is 0.521. The molecule has 2 atom stereocenters. The summed E-state index contributed by atoms with van der Waals surface area (Å²) in [7, 11) is 1.61. The summed E-state index contributed by atoms with van der Waals surface area (Å²) < 4.78 is 21.4. The van der Waals surface area contributed by atoms with Crippen molar-refractivity contribution in [1.82, 2.24) is 0 Å². The first kappa shape index (κ1) is 20.1. The summed E-state index contributed by atoms with van der Waals surface area (Å²) in [5, 5.41) is 0. The maximum absolute atomic E-state index is 12.5. The van der Waals surface area contributed by atoms with Crippen molar-refractivity contribution in [3.63, 3.8) is 0 Å². The summed E-state index contributed by atoms with van der Waals surface area (Å²) in [5.41, 5.74) is -1.22. The lowest BCUT2D eigenvalue weighted by Crippen LogP contribution is -2.40. The predicted molar refractivity (Wildman–Crippen MR) is 96.1 cm³/mol. The van der Waals surface area contributed by atoms with Crippen LogP contribution in [0.3, 0.4) is 0 Å². The number of hydrogen-bond acceptors (Lipinski definition) is 6. The van der Waals surface area contributed by atoms with Gasteiger partial charge in [0.05, 0.1) is 26.9 Å². The van der Waals surface area contributed by atoms with Crippen LogP contribution in [0.25, 0.3) is 0 Å². The summed E-state index contributed by atoms with van der Waals surface area (Å²) in [6.07, 6.45) is 0.795. The number of hydrogen-bond donors (Lipinski definition) is 0. The van der Waals surface area contributed by atoms with E-state index in [1.165, 1.54) is 0 Å². The van der Waals surface area contributed by atoms with Gasteiger partial charge in [-0.1, -0.05) is 6.92 Å². The molecule has 1 aliphatic carbocycles. The molecule has 0 spiro atoms. The van der Waals surface area contributed by atoms with Crippen molar-refractivity contribution in [3.05, 3.63) is 24.3 Å². The van der Waals surface area contributed by atoms with Gasteiger partial charge in [-0.2, -0.15) is 0 Å². The van der Waals surface area contributed by atoms with Gasteiger partial charge in [-0.25, -0.2) is 0 Å². The van der Waals surface area contributed by atoms with E-state index < -0.39 is 17.4 Å². The number of rotatable bonds is 8. The van der Waals surface area contributed by atoms with Gasteiger partial charge in [0.2, 0.25) is 0 Å². The van der Waals surface area contributed by atoms with E-state index in [4.69, 9.17) is 18.9 Å². The SMILES string of the molecule is CCOC(=O)C1(C(=O)OCC)CC(C)C(COc2ccc(OC)cc2)C1. The number of carbonyl (C=O) groups excluding carboxylic acids is 2. The third kappa shape index (κ3) is 4.29. The van der Waals surface area contributed by atoms with Crippen LogP contribution in [0.2, 0.25) is 0 Å². The highest BCUT2D eigenvalue weighted by Crippen LogP contribution is 2.47. The van der Waals surface area contributed by atoms with Gasteiger partial charge in [0.25, 0.3) is 0 Å². The molecule has 2 rings (SSSR count). The maximum atomic E-state index is 12.5. The first-order valence-electron chi connectivity index (χ1n) is 9.08. The Kier molecular flexibility index (Phi) is 6.89. The van der Waals surface area contributed by atoms with Gasteiger partial charge in [0.1, 0.15) is 11.5 Å². The fourth-order valence-corrected chi connectivity index (χ4v) is 3.50. The molecule has 1 aromatic rings. The van der Waals surface area contributed by atoms with Crippen molar-refractivity contribution < 1.29 is 28.5 Å². The van der Waals surface area contributed by atoms with Crippen LogP contribution in [0.1, 0.15) is 33.6 Å². The van der Waals surface area contributed by atoms with Crippen molar-refractivity contribution in [1.29, 1.82) is 0 Å². The molecule has 0 bridgehead atoms. The Morgan fingerprint density at radius 2 is 1.54 bits per heavy atom. The highest BCUT2D eigenvalue weighted by Gasteiger charge is 2.56. The summed E-state index contributed by atoms with van der Waals surface area (Å²) in [5.74, 6) is 0.709. The molecule has 0 heterocycles. The Balaban J connectivity index is 2.08. The lowest BCUT2D eigenvalue weighted by molar-refractivity contribution is -0.172. The highest BCUT2D eigenvalue weighted by molar-refractivity contribution is 6.00.